The summed E-state index contributed by atoms with van der Waals surface area (Å²) in [6, 6.07) is 15.0. The number of nitrogens with zero attached hydrogens (tertiary/aromatic N) is 1. The van der Waals surface area contributed by atoms with Gasteiger partial charge in [0.15, 0.2) is 0 Å². The highest BCUT2D eigenvalue weighted by Crippen LogP contribution is 2.34. The van der Waals surface area contributed by atoms with Crippen LogP contribution in [-0.4, -0.2) is 22.4 Å². The molecule has 0 bridgehead atoms. The van der Waals surface area contributed by atoms with Crippen LogP contribution in [0, 0.1) is 0 Å². The van der Waals surface area contributed by atoms with E-state index in [-0.39, 0.29) is 18.5 Å². The standard InChI is InChI=1S/C19H17ClN2O2/c20-16-7-5-13(6-8-16)12-22-17(23)19(21-18(22)24)10-9-14-3-1-2-4-15(14)11-19/h1-8H,9-12H2,(H,21,24)/t19-/m0/s1. The van der Waals surface area contributed by atoms with Gasteiger partial charge in [-0.05, 0) is 41.7 Å². The third kappa shape index (κ3) is 2.47. The van der Waals surface area contributed by atoms with Gasteiger partial charge in [-0.1, -0.05) is 48.0 Å². The van der Waals surface area contributed by atoms with E-state index in [2.05, 4.69) is 11.4 Å². The summed E-state index contributed by atoms with van der Waals surface area (Å²) in [4.78, 5) is 26.7. The minimum atomic E-state index is -0.794. The number of urea groups is 1. The fourth-order valence-electron chi connectivity index (χ4n) is 3.62. The van der Waals surface area contributed by atoms with Gasteiger partial charge in [0.05, 0.1) is 6.54 Å². The Morgan fingerprint density at radius 3 is 2.50 bits per heavy atom. The van der Waals surface area contributed by atoms with Crippen molar-refractivity contribution in [1.82, 2.24) is 10.2 Å². The highest BCUT2D eigenvalue weighted by Gasteiger charge is 2.52. The normalized spacial score (nSPS) is 22.6. The van der Waals surface area contributed by atoms with Crippen molar-refractivity contribution < 1.29 is 9.59 Å². The van der Waals surface area contributed by atoms with Crippen LogP contribution in [0.2, 0.25) is 5.02 Å². The summed E-state index contributed by atoms with van der Waals surface area (Å²) in [6.45, 7) is 0.269. The summed E-state index contributed by atoms with van der Waals surface area (Å²) < 4.78 is 0. The monoisotopic (exact) mass is 340 g/mol. The van der Waals surface area contributed by atoms with Crippen LogP contribution in [0.15, 0.2) is 48.5 Å². The number of hydrogen-bond acceptors (Lipinski definition) is 2. The molecule has 1 heterocycles. The summed E-state index contributed by atoms with van der Waals surface area (Å²) in [5, 5.41) is 3.59. The van der Waals surface area contributed by atoms with Crippen molar-refractivity contribution in [1.29, 1.82) is 0 Å². The molecular formula is C19H17ClN2O2. The lowest BCUT2D eigenvalue weighted by Crippen LogP contribution is -2.51. The van der Waals surface area contributed by atoms with Gasteiger partial charge in [-0.25, -0.2) is 4.79 Å². The number of carbonyl (C=O) groups excluding carboxylic acids is 2. The summed E-state index contributed by atoms with van der Waals surface area (Å²) >= 11 is 5.89. The van der Waals surface area contributed by atoms with Crippen LogP contribution in [0.1, 0.15) is 23.1 Å². The molecule has 0 aromatic heterocycles. The topological polar surface area (TPSA) is 49.4 Å². The molecule has 1 N–H and O–H groups in total. The Morgan fingerprint density at radius 1 is 1.04 bits per heavy atom. The molecule has 1 saturated heterocycles. The Kier molecular flexibility index (Phi) is 3.57. The number of hydrogen-bond donors (Lipinski definition) is 1. The predicted molar refractivity (Wildman–Crippen MR) is 91.7 cm³/mol. The molecule has 4 nitrogen and oxygen atoms in total. The molecule has 1 spiro atoms. The van der Waals surface area contributed by atoms with Crippen LogP contribution in [0.5, 0.6) is 0 Å². The van der Waals surface area contributed by atoms with Crippen LogP contribution in [-0.2, 0) is 24.2 Å². The molecule has 2 aromatic rings. The van der Waals surface area contributed by atoms with Crippen molar-refractivity contribution in [2.75, 3.05) is 0 Å². The number of imide groups is 1. The molecule has 0 unspecified atom stereocenters. The fraction of sp³-hybridized carbons (Fsp3) is 0.263. The first-order valence-corrected chi connectivity index (χ1v) is 8.41. The van der Waals surface area contributed by atoms with Crippen LogP contribution in [0.25, 0.3) is 0 Å². The molecule has 3 amide bonds. The maximum atomic E-state index is 13.0. The molecular weight excluding hydrogens is 324 g/mol. The maximum Gasteiger partial charge on any atom is 0.325 e. The Morgan fingerprint density at radius 2 is 1.75 bits per heavy atom. The van der Waals surface area contributed by atoms with Gasteiger partial charge in [-0.3, -0.25) is 9.69 Å². The third-order valence-electron chi connectivity index (χ3n) is 4.93. The zero-order chi connectivity index (χ0) is 16.7. The molecule has 1 aliphatic carbocycles. The van der Waals surface area contributed by atoms with E-state index in [9.17, 15) is 9.59 Å². The lowest BCUT2D eigenvalue weighted by Gasteiger charge is -2.32. The van der Waals surface area contributed by atoms with Gasteiger partial charge in [0.2, 0.25) is 0 Å². The minimum Gasteiger partial charge on any atom is -0.323 e. The number of benzene rings is 2. The van der Waals surface area contributed by atoms with Gasteiger partial charge in [-0.15, -0.1) is 0 Å². The van der Waals surface area contributed by atoms with Crippen molar-refractivity contribution in [3.8, 4) is 0 Å². The van der Waals surface area contributed by atoms with Crippen molar-refractivity contribution in [2.45, 2.75) is 31.3 Å². The average Bonchev–Trinajstić information content (AvgIpc) is 2.81. The zero-order valence-corrected chi connectivity index (χ0v) is 13.8. The molecule has 122 valence electrons. The molecule has 2 aromatic carbocycles. The molecule has 1 atom stereocenters. The predicted octanol–water partition coefficient (Wildman–Crippen LogP) is 3.32. The van der Waals surface area contributed by atoms with Gasteiger partial charge in [0, 0.05) is 11.4 Å². The molecule has 0 radical (unpaired) electrons. The lowest BCUT2D eigenvalue weighted by molar-refractivity contribution is -0.132. The van der Waals surface area contributed by atoms with E-state index >= 15 is 0 Å². The average molecular weight is 341 g/mol. The molecule has 24 heavy (non-hydrogen) atoms. The largest absolute Gasteiger partial charge is 0.325 e. The second-order valence-corrected chi connectivity index (χ2v) is 6.91. The number of aryl methyl sites for hydroxylation is 1. The van der Waals surface area contributed by atoms with E-state index in [1.165, 1.54) is 10.5 Å². The summed E-state index contributed by atoms with van der Waals surface area (Å²) in [5.41, 5.74) is 2.50. The number of amides is 3. The van der Waals surface area contributed by atoms with Crippen LogP contribution in [0.4, 0.5) is 4.79 Å². The molecule has 0 saturated carbocycles. The summed E-state index contributed by atoms with van der Waals surface area (Å²) in [7, 11) is 0. The molecule has 2 aliphatic rings. The SMILES string of the molecule is O=C1N[C@]2(CCc3ccccc3C2)C(=O)N1Cc1ccc(Cl)cc1. The van der Waals surface area contributed by atoms with Gasteiger partial charge >= 0.3 is 6.03 Å². The number of nitrogens with one attached hydrogen (secondary N) is 1. The highest BCUT2D eigenvalue weighted by molar-refractivity contribution is 6.30. The first-order chi connectivity index (χ1) is 11.6. The Bertz CT molecular complexity index is 818. The second-order valence-electron chi connectivity index (χ2n) is 6.48. The van der Waals surface area contributed by atoms with Crippen LogP contribution in [0.3, 0.4) is 0 Å². The van der Waals surface area contributed by atoms with E-state index < -0.39 is 5.54 Å². The molecule has 4 rings (SSSR count). The van der Waals surface area contributed by atoms with Crippen LogP contribution >= 0.6 is 11.6 Å². The van der Waals surface area contributed by atoms with E-state index in [1.807, 2.05) is 30.3 Å². The van der Waals surface area contributed by atoms with Crippen molar-refractivity contribution in [2.24, 2.45) is 0 Å². The van der Waals surface area contributed by atoms with Gasteiger partial charge < -0.3 is 5.32 Å². The molecule has 1 fully saturated rings. The number of carbonyl (C=O) groups is 2. The van der Waals surface area contributed by atoms with Gasteiger partial charge in [0.25, 0.3) is 5.91 Å². The fourth-order valence-corrected chi connectivity index (χ4v) is 3.74. The highest BCUT2D eigenvalue weighted by atomic mass is 35.5. The summed E-state index contributed by atoms with van der Waals surface area (Å²) in [5.74, 6) is -0.128. The first kappa shape index (κ1) is 15.2. The minimum absolute atomic E-state index is 0.128. The van der Waals surface area contributed by atoms with E-state index in [0.717, 1.165) is 17.5 Å². The number of rotatable bonds is 2. The maximum absolute atomic E-state index is 13.0. The molecule has 5 heteroatoms. The second kappa shape index (κ2) is 5.64. The smallest absolute Gasteiger partial charge is 0.323 e. The number of fused-ring (bicyclic) bond motifs is 1. The Labute approximate surface area is 145 Å². The van der Waals surface area contributed by atoms with Crippen molar-refractivity contribution in [3.63, 3.8) is 0 Å². The number of halogens is 1. The van der Waals surface area contributed by atoms with E-state index in [0.29, 0.717) is 17.9 Å². The quantitative estimate of drug-likeness (QED) is 0.853. The Balaban J connectivity index is 1.59. The zero-order valence-electron chi connectivity index (χ0n) is 13.1. The van der Waals surface area contributed by atoms with Crippen LogP contribution < -0.4 is 5.32 Å². The van der Waals surface area contributed by atoms with Crippen molar-refractivity contribution >= 4 is 23.5 Å². The lowest BCUT2D eigenvalue weighted by atomic mass is 9.78. The third-order valence-corrected chi connectivity index (χ3v) is 5.18. The summed E-state index contributed by atoms with van der Waals surface area (Å²) in [6.07, 6.45) is 2.01. The Hall–Kier alpha value is -2.33. The van der Waals surface area contributed by atoms with Gasteiger partial charge in [-0.2, -0.15) is 0 Å². The van der Waals surface area contributed by atoms with Crippen molar-refractivity contribution in [3.05, 3.63) is 70.2 Å². The van der Waals surface area contributed by atoms with E-state index in [4.69, 9.17) is 11.6 Å². The first-order valence-electron chi connectivity index (χ1n) is 8.03. The van der Waals surface area contributed by atoms with E-state index in [1.54, 1.807) is 12.1 Å². The molecule has 1 aliphatic heterocycles. The van der Waals surface area contributed by atoms with Gasteiger partial charge in [0.1, 0.15) is 5.54 Å².